The van der Waals surface area contributed by atoms with Crippen molar-refractivity contribution in [2.45, 2.75) is 51.1 Å². The fourth-order valence-corrected chi connectivity index (χ4v) is 4.17. The maximum absolute atomic E-state index is 14.2. The molecule has 1 aliphatic heterocycles. The molecule has 0 aromatic heterocycles. The van der Waals surface area contributed by atoms with Gasteiger partial charge >= 0.3 is 0 Å². The number of carbonyl (C=O) groups is 2. The third-order valence-electron chi connectivity index (χ3n) is 5.87. The van der Waals surface area contributed by atoms with Crippen molar-refractivity contribution in [2.24, 2.45) is 5.92 Å². The third kappa shape index (κ3) is 4.65. The van der Waals surface area contributed by atoms with E-state index in [4.69, 9.17) is 0 Å². The van der Waals surface area contributed by atoms with Crippen LogP contribution in [0.25, 0.3) is 0 Å². The minimum Gasteiger partial charge on any atom is -0.325 e. The number of hydrogen-bond acceptors (Lipinski definition) is 3. The zero-order valence-electron chi connectivity index (χ0n) is 16.3. The molecule has 2 aromatic rings. The van der Waals surface area contributed by atoms with Gasteiger partial charge in [0.15, 0.2) is 0 Å². The number of fused-ring (bicyclic) bond motifs is 1. The summed E-state index contributed by atoms with van der Waals surface area (Å²) < 4.78 is 14.2. The van der Waals surface area contributed by atoms with E-state index in [0.717, 1.165) is 37.7 Å². The second-order valence-corrected chi connectivity index (χ2v) is 7.91. The van der Waals surface area contributed by atoms with Gasteiger partial charge in [0.25, 0.3) is 0 Å². The van der Waals surface area contributed by atoms with Crippen LogP contribution in [0, 0.1) is 11.7 Å². The van der Waals surface area contributed by atoms with Gasteiger partial charge in [0.05, 0.1) is 11.7 Å². The lowest BCUT2D eigenvalue weighted by Gasteiger charge is -2.25. The summed E-state index contributed by atoms with van der Waals surface area (Å²) in [4.78, 5) is 25.1. The summed E-state index contributed by atoms with van der Waals surface area (Å²) in [5, 5.41) is 8.79. The van der Waals surface area contributed by atoms with Crippen LogP contribution in [0.2, 0.25) is 0 Å². The molecule has 5 nitrogen and oxygen atoms in total. The van der Waals surface area contributed by atoms with Gasteiger partial charge in [-0.3, -0.25) is 9.59 Å². The predicted octanol–water partition coefficient (Wildman–Crippen LogP) is 4.00. The molecular formula is C23H26FN3O2. The molecule has 1 atom stereocenters. The Morgan fingerprint density at radius 2 is 1.69 bits per heavy atom. The predicted molar refractivity (Wildman–Crippen MR) is 111 cm³/mol. The average molecular weight is 395 g/mol. The number of nitrogens with one attached hydrogen (secondary N) is 3. The Labute approximate surface area is 170 Å². The van der Waals surface area contributed by atoms with Gasteiger partial charge in [0, 0.05) is 18.2 Å². The number of halogens is 1. The molecule has 3 N–H and O–H groups in total. The number of carbonyl (C=O) groups excluding carboxylic acids is 2. The largest absolute Gasteiger partial charge is 0.325 e. The van der Waals surface area contributed by atoms with Crippen LogP contribution in [0.5, 0.6) is 0 Å². The molecule has 0 bridgehead atoms. The SMILES string of the molecule is O=C(Nc1cc(NC(=O)C2Cc3ccccc3CN2)ccc1F)C1CCCCC1. The Morgan fingerprint density at radius 3 is 2.48 bits per heavy atom. The lowest BCUT2D eigenvalue weighted by molar-refractivity contribution is -0.120. The minimum atomic E-state index is -0.503. The van der Waals surface area contributed by atoms with Crippen molar-refractivity contribution in [3.05, 3.63) is 59.4 Å². The van der Waals surface area contributed by atoms with Crippen molar-refractivity contribution < 1.29 is 14.0 Å². The summed E-state index contributed by atoms with van der Waals surface area (Å²) >= 11 is 0. The summed E-state index contributed by atoms with van der Waals surface area (Å²) in [6.45, 7) is 0.639. The summed E-state index contributed by atoms with van der Waals surface area (Å²) in [6.07, 6.45) is 5.52. The van der Waals surface area contributed by atoms with Gasteiger partial charge in [-0.15, -0.1) is 0 Å². The summed E-state index contributed by atoms with van der Waals surface area (Å²) in [6, 6.07) is 12.0. The van der Waals surface area contributed by atoms with Crippen molar-refractivity contribution in [3.8, 4) is 0 Å². The van der Waals surface area contributed by atoms with Crippen molar-refractivity contribution in [3.63, 3.8) is 0 Å². The highest BCUT2D eigenvalue weighted by Gasteiger charge is 2.25. The highest BCUT2D eigenvalue weighted by molar-refractivity contribution is 5.97. The van der Waals surface area contributed by atoms with E-state index in [2.05, 4.69) is 22.0 Å². The van der Waals surface area contributed by atoms with E-state index in [1.165, 1.54) is 23.8 Å². The normalized spacial score (nSPS) is 19.3. The number of rotatable bonds is 4. The molecule has 29 heavy (non-hydrogen) atoms. The first-order chi connectivity index (χ1) is 14.1. The van der Waals surface area contributed by atoms with Crippen molar-refractivity contribution in [1.82, 2.24) is 5.32 Å². The van der Waals surface area contributed by atoms with Crippen LogP contribution >= 0.6 is 0 Å². The van der Waals surface area contributed by atoms with Crippen molar-refractivity contribution in [2.75, 3.05) is 10.6 Å². The van der Waals surface area contributed by atoms with Crippen LogP contribution in [-0.4, -0.2) is 17.9 Å². The molecule has 152 valence electrons. The van der Waals surface area contributed by atoms with E-state index in [0.29, 0.717) is 18.7 Å². The van der Waals surface area contributed by atoms with E-state index in [1.54, 1.807) is 0 Å². The molecule has 0 radical (unpaired) electrons. The number of benzene rings is 2. The van der Waals surface area contributed by atoms with Crippen LogP contribution in [0.3, 0.4) is 0 Å². The zero-order chi connectivity index (χ0) is 20.2. The van der Waals surface area contributed by atoms with Gasteiger partial charge in [-0.1, -0.05) is 43.5 Å². The standard InChI is InChI=1S/C23H26FN3O2/c24-19-11-10-18(13-20(19)27-22(28)15-6-2-1-3-7-15)26-23(29)21-12-16-8-4-5-9-17(16)14-25-21/h4-5,8-11,13,15,21,25H,1-3,6-7,12,14H2,(H,26,29)(H,27,28). The molecule has 1 aliphatic carbocycles. The van der Waals surface area contributed by atoms with Crippen LogP contribution in [0.15, 0.2) is 42.5 Å². The highest BCUT2D eigenvalue weighted by atomic mass is 19.1. The molecule has 1 saturated carbocycles. The molecule has 4 rings (SSSR count). The van der Waals surface area contributed by atoms with E-state index >= 15 is 0 Å². The van der Waals surface area contributed by atoms with Gasteiger partial charge < -0.3 is 16.0 Å². The van der Waals surface area contributed by atoms with Gasteiger partial charge in [0.2, 0.25) is 11.8 Å². The van der Waals surface area contributed by atoms with Gasteiger partial charge in [-0.2, -0.15) is 0 Å². The van der Waals surface area contributed by atoms with Gasteiger partial charge in [-0.05, 0) is 48.6 Å². The molecule has 0 saturated heterocycles. The monoisotopic (exact) mass is 395 g/mol. The molecule has 2 amide bonds. The van der Waals surface area contributed by atoms with E-state index in [-0.39, 0.29) is 29.5 Å². The molecule has 6 heteroatoms. The second-order valence-electron chi connectivity index (χ2n) is 7.91. The average Bonchev–Trinajstić information content (AvgIpc) is 2.76. The first-order valence-electron chi connectivity index (χ1n) is 10.3. The summed E-state index contributed by atoms with van der Waals surface area (Å²) in [5.74, 6) is -0.877. The number of hydrogen-bond donors (Lipinski definition) is 3. The van der Waals surface area contributed by atoms with Crippen molar-refractivity contribution >= 4 is 23.2 Å². The number of amides is 2. The maximum atomic E-state index is 14.2. The molecule has 1 unspecified atom stereocenters. The van der Waals surface area contributed by atoms with Crippen LogP contribution in [0.4, 0.5) is 15.8 Å². The Bertz CT molecular complexity index is 909. The third-order valence-corrected chi connectivity index (χ3v) is 5.87. The number of anilines is 2. The Morgan fingerprint density at radius 1 is 0.931 bits per heavy atom. The van der Waals surface area contributed by atoms with Gasteiger partial charge in [-0.25, -0.2) is 4.39 Å². The molecule has 0 spiro atoms. The first-order valence-corrected chi connectivity index (χ1v) is 10.3. The van der Waals surface area contributed by atoms with Gasteiger partial charge in [0.1, 0.15) is 5.82 Å². The topological polar surface area (TPSA) is 70.2 Å². The quantitative estimate of drug-likeness (QED) is 0.733. The molecule has 1 heterocycles. The molecular weight excluding hydrogens is 369 g/mol. The van der Waals surface area contributed by atoms with Crippen LogP contribution < -0.4 is 16.0 Å². The van der Waals surface area contributed by atoms with E-state index in [9.17, 15) is 14.0 Å². The second kappa shape index (κ2) is 8.74. The minimum absolute atomic E-state index is 0.0621. The summed E-state index contributed by atoms with van der Waals surface area (Å²) in [5.41, 5.74) is 2.94. The first kappa shape index (κ1) is 19.6. The lowest BCUT2D eigenvalue weighted by atomic mass is 9.88. The molecule has 2 aromatic carbocycles. The Kier molecular flexibility index (Phi) is 5.90. The fraction of sp³-hybridized carbons (Fsp3) is 0.391. The van der Waals surface area contributed by atoms with E-state index < -0.39 is 5.82 Å². The lowest BCUT2D eigenvalue weighted by Crippen LogP contribution is -2.44. The highest BCUT2D eigenvalue weighted by Crippen LogP contribution is 2.27. The van der Waals surface area contributed by atoms with Crippen LogP contribution in [0.1, 0.15) is 43.2 Å². The zero-order valence-corrected chi connectivity index (χ0v) is 16.3. The smallest absolute Gasteiger partial charge is 0.241 e. The molecule has 2 aliphatic rings. The fourth-order valence-electron chi connectivity index (χ4n) is 4.17. The summed E-state index contributed by atoms with van der Waals surface area (Å²) in [7, 11) is 0. The maximum Gasteiger partial charge on any atom is 0.241 e. The van der Waals surface area contributed by atoms with Crippen LogP contribution in [-0.2, 0) is 22.6 Å². The Balaban J connectivity index is 1.41. The van der Waals surface area contributed by atoms with Crippen molar-refractivity contribution in [1.29, 1.82) is 0 Å². The molecule has 1 fully saturated rings. The Hall–Kier alpha value is -2.73. The van der Waals surface area contributed by atoms with E-state index in [1.807, 2.05) is 18.2 Å².